The highest BCUT2D eigenvalue weighted by molar-refractivity contribution is 5.97. The number of carbonyl (C=O) groups excluding carboxylic acids is 3. The van der Waals surface area contributed by atoms with E-state index in [1.807, 2.05) is 12.1 Å². The maximum absolute atomic E-state index is 11.0. The van der Waals surface area contributed by atoms with Gasteiger partial charge in [0.25, 0.3) is 6.47 Å². The van der Waals surface area contributed by atoms with E-state index >= 15 is 0 Å². The van der Waals surface area contributed by atoms with Gasteiger partial charge >= 0.3 is 6.15 Å². The maximum Gasteiger partial charge on any atom is 0.373 e. The summed E-state index contributed by atoms with van der Waals surface area (Å²) < 4.78 is 10.4. The molecule has 2 saturated carbocycles. The van der Waals surface area contributed by atoms with Crippen LogP contribution < -0.4 is 14.5 Å². The number of likely N-dealkylation sites (N-methyl/N-ethyl adjacent to an activating group) is 2. The van der Waals surface area contributed by atoms with E-state index in [9.17, 15) is 4.79 Å². The van der Waals surface area contributed by atoms with Gasteiger partial charge in [0, 0.05) is 84.1 Å². The lowest BCUT2D eigenvalue weighted by molar-refractivity contribution is -0.191. The molecule has 0 bridgehead atoms. The van der Waals surface area contributed by atoms with Crippen molar-refractivity contribution in [1.82, 2.24) is 9.13 Å². The first-order valence-corrected chi connectivity index (χ1v) is 22.6. The van der Waals surface area contributed by atoms with Gasteiger partial charge in [-0.1, -0.05) is 74.9 Å². The summed E-state index contributed by atoms with van der Waals surface area (Å²) in [5.74, 6) is 1.90. The molecular weight excluding hydrogens is 757 g/mol. The van der Waals surface area contributed by atoms with E-state index in [-0.39, 0.29) is 6.15 Å². The van der Waals surface area contributed by atoms with E-state index < -0.39 is 0 Å². The average molecular weight is 819 g/mol. The number of benzene rings is 4. The van der Waals surface area contributed by atoms with Crippen LogP contribution in [0.5, 0.6) is 5.75 Å². The summed E-state index contributed by atoms with van der Waals surface area (Å²) in [5.41, 5.74) is 18.0. The van der Waals surface area contributed by atoms with Crippen LogP contribution in [0.25, 0.3) is 44.3 Å². The SMILES string of the molecule is Cc1ccc2c(c1)N(C)C(C)Cn1c-2c(C2CCCCC2)c2ccc(C)cc21.Cc1ccc2c(c1)N(C)C(C)Cn1c-2c(C2CCCCC2)c2ccc(OC=O)cc21.O=C=O. The van der Waals surface area contributed by atoms with Gasteiger partial charge in [-0.2, -0.15) is 9.59 Å². The fourth-order valence-corrected chi connectivity index (χ4v) is 11.1. The zero-order valence-corrected chi connectivity index (χ0v) is 37.2. The molecule has 4 aromatic carbocycles. The topological polar surface area (TPSA) is 76.8 Å². The number of hydrogen-bond donors (Lipinski definition) is 0. The van der Waals surface area contributed by atoms with Crippen molar-refractivity contribution in [2.75, 3.05) is 23.9 Å². The first-order valence-electron chi connectivity index (χ1n) is 22.6. The van der Waals surface area contributed by atoms with Crippen LogP contribution in [0.1, 0.15) is 118 Å². The fourth-order valence-electron chi connectivity index (χ4n) is 11.1. The summed E-state index contributed by atoms with van der Waals surface area (Å²) in [6.45, 7) is 13.7. The molecule has 61 heavy (non-hydrogen) atoms. The van der Waals surface area contributed by atoms with E-state index in [2.05, 4.69) is 128 Å². The van der Waals surface area contributed by atoms with Crippen LogP contribution in [0.3, 0.4) is 0 Å². The number of hydrogen-bond acceptors (Lipinski definition) is 6. The first kappa shape index (κ1) is 42.1. The molecule has 0 spiro atoms. The summed E-state index contributed by atoms with van der Waals surface area (Å²) in [5, 5.41) is 2.81. The molecule has 4 heterocycles. The molecule has 318 valence electrons. The highest BCUT2D eigenvalue weighted by Crippen LogP contribution is 2.50. The van der Waals surface area contributed by atoms with Gasteiger partial charge in [0.05, 0.1) is 16.9 Å². The lowest BCUT2D eigenvalue weighted by Crippen LogP contribution is -2.31. The van der Waals surface area contributed by atoms with Crippen LogP contribution in [0, 0.1) is 20.8 Å². The molecular formula is C53H62N4O4. The van der Waals surface area contributed by atoms with Gasteiger partial charge < -0.3 is 23.7 Å². The Hall–Kier alpha value is -5.59. The van der Waals surface area contributed by atoms with Crippen molar-refractivity contribution in [3.05, 3.63) is 101 Å². The highest BCUT2D eigenvalue weighted by atomic mass is 16.5. The second kappa shape index (κ2) is 17.8. The minimum atomic E-state index is 0.250. The summed E-state index contributed by atoms with van der Waals surface area (Å²) in [6.07, 6.45) is 13.5. The Labute approximate surface area is 361 Å². The van der Waals surface area contributed by atoms with E-state index in [0.717, 1.165) is 13.1 Å². The Morgan fingerprint density at radius 3 is 1.44 bits per heavy atom. The normalized spacial score (nSPS) is 18.9. The number of nitrogens with zero attached hydrogens (tertiary/aromatic N) is 4. The van der Waals surface area contributed by atoms with Crippen LogP contribution in [0.2, 0.25) is 0 Å². The molecule has 10 rings (SSSR count). The quantitative estimate of drug-likeness (QED) is 0.165. The van der Waals surface area contributed by atoms with E-state index in [4.69, 9.17) is 14.3 Å². The molecule has 2 unspecified atom stereocenters. The molecule has 8 heteroatoms. The fraction of sp³-hybridized carbons (Fsp3) is 0.434. The third-order valence-electron chi connectivity index (χ3n) is 14.3. The van der Waals surface area contributed by atoms with Gasteiger partial charge in [0.15, 0.2) is 0 Å². The molecule has 0 amide bonds. The number of carbonyl (C=O) groups is 1. The van der Waals surface area contributed by atoms with Gasteiger partial charge in [0.2, 0.25) is 0 Å². The molecule has 2 atom stereocenters. The Bertz CT molecular complexity index is 2600. The average Bonchev–Trinajstić information content (AvgIpc) is 3.68. The Balaban J connectivity index is 0.000000159. The Kier molecular flexibility index (Phi) is 12.3. The first-order chi connectivity index (χ1) is 29.5. The molecule has 4 aliphatic rings. The van der Waals surface area contributed by atoms with E-state index in [1.54, 1.807) is 5.56 Å². The summed E-state index contributed by atoms with van der Waals surface area (Å²) >= 11 is 0. The second-order valence-electron chi connectivity index (χ2n) is 18.4. The lowest BCUT2D eigenvalue weighted by Gasteiger charge is -2.27. The summed E-state index contributed by atoms with van der Waals surface area (Å²) in [6, 6.07) is 28.0. The largest absolute Gasteiger partial charge is 0.429 e. The van der Waals surface area contributed by atoms with Crippen LogP contribution in [0.15, 0.2) is 72.8 Å². The van der Waals surface area contributed by atoms with Crippen molar-refractivity contribution in [1.29, 1.82) is 0 Å². The number of ether oxygens (including phenoxy) is 1. The van der Waals surface area contributed by atoms with Crippen LogP contribution in [-0.2, 0) is 27.5 Å². The highest BCUT2D eigenvalue weighted by Gasteiger charge is 2.33. The molecule has 2 aliphatic carbocycles. The van der Waals surface area contributed by atoms with Crippen molar-refractivity contribution < 1.29 is 19.1 Å². The number of aryl methyl sites for hydroxylation is 3. The van der Waals surface area contributed by atoms with Gasteiger partial charge in [0.1, 0.15) is 5.75 Å². The van der Waals surface area contributed by atoms with E-state index in [1.165, 1.54) is 142 Å². The summed E-state index contributed by atoms with van der Waals surface area (Å²) in [4.78, 5) is 32.1. The summed E-state index contributed by atoms with van der Waals surface area (Å²) in [7, 11) is 4.47. The van der Waals surface area contributed by atoms with Crippen molar-refractivity contribution in [3.8, 4) is 28.3 Å². The van der Waals surface area contributed by atoms with Crippen LogP contribution in [0.4, 0.5) is 11.4 Å². The predicted molar refractivity (Wildman–Crippen MR) is 248 cm³/mol. The zero-order valence-electron chi connectivity index (χ0n) is 37.2. The standard InChI is InChI=1S/C26H30N2O2.C26H32N2.CO2/c1-17-9-11-22-23(13-17)27(3)18(2)15-28-24-14-20(30-16-29)10-12-21(24)25(26(22)28)19-7-5-4-6-8-19;1-17-11-13-22-23(14-17)27(4)19(3)16-28-24-15-18(2)10-12-21(24)25(26(22)28)20-8-6-5-7-9-20;2-1-3/h9-14,16,18-19H,4-8,15H2,1-3H3;10-15,19-20H,5-9,16H2,1-4H3;. The third-order valence-corrected chi connectivity index (χ3v) is 14.3. The Morgan fingerprint density at radius 2 is 0.984 bits per heavy atom. The van der Waals surface area contributed by atoms with Crippen LogP contribution in [-0.4, -0.2) is 47.9 Å². The maximum atomic E-state index is 11.0. The van der Waals surface area contributed by atoms with Crippen molar-refractivity contribution in [2.24, 2.45) is 0 Å². The smallest absolute Gasteiger partial charge is 0.373 e. The van der Waals surface area contributed by atoms with Gasteiger partial charge in [-0.25, -0.2) is 0 Å². The molecule has 0 N–H and O–H groups in total. The van der Waals surface area contributed by atoms with Gasteiger partial charge in [-0.3, -0.25) is 4.79 Å². The number of anilines is 2. The molecule has 2 fully saturated rings. The van der Waals surface area contributed by atoms with Crippen molar-refractivity contribution in [2.45, 2.75) is 136 Å². The van der Waals surface area contributed by atoms with Gasteiger partial charge in [-0.15, -0.1) is 0 Å². The zero-order chi connectivity index (χ0) is 42.9. The molecule has 8 nitrogen and oxygen atoms in total. The lowest BCUT2D eigenvalue weighted by atomic mass is 9.81. The number of aromatic nitrogens is 2. The van der Waals surface area contributed by atoms with E-state index in [0.29, 0.717) is 36.1 Å². The van der Waals surface area contributed by atoms with Gasteiger partial charge in [-0.05, 0) is 130 Å². The third kappa shape index (κ3) is 7.92. The monoisotopic (exact) mass is 818 g/mol. The minimum absolute atomic E-state index is 0.250. The minimum Gasteiger partial charge on any atom is -0.429 e. The van der Waals surface area contributed by atoms with Crippen molar-refractivity contribution in [3.63, 3.8) is 0 Å². The molecule has 6 aromatic rings. The second-order valence-corrected chi connectivity index (χ2v) is 18.4. The van der Waals surface area contributed by atoms with Crippen molar-refractivity contribution >= 4 is 45.8 Å². The molecule has 2 aliphatic heterocycles. The molecule has 0 saturated heterocycles. The molecule has 2 aromatic heterocycles. The Morgan fingerprint density at radius 1 is 0.574 bits per heavy atom. The number of fused-ring (bicyclic) bond motifs is 10. The molecule has 0 radical (unpaired) electrons. The predicted octanol–water partition coefficient (Wildman–Crippen LogP) is 12.3. The van der Waals surface area contributed by atoms with Crippen LogP contribution >= 0.6 is 0 Å². The number of rotatable bonds is 4.